The number of carboxylic acid groups (broad SMARTS) is 1. The zero-order chi connectivity index (χ0) is 21.7. The van der Waals surface area contributed by atoms with Crippen LogP contribution < -0.4 is 5.69 Å². The number of aromatic nitrogens is 7. The van der Waals surface area contributed by atoms with Gasteiger partial charge in [-0.05, 0) is 18.6 Å². The molecule has 0 bridgehead atoms. The van der Waals surface area contributed by atoms with Crippen molar-refractivity contribution in [2.75, 3.05) is 0 Å². The molecule has 0 aliphatic rings. The summed E-state index contributed by atoms with van der Waals surface area (Å²) in [6.45, 7) is 1.44. The molecule has 0 radical (unpaired) electrons. The fourth-order valence-corrected chi connectivity index (χ4v) is 3.81. The Hall–Kier alpha value is -4.34. The highest BCUT2D eigenvalue weighted by atomic mass is 16.4. The van der Waals surface area contributed by atoms with E-state index in [4.69, 9.17) is 0 Å². The SMILES string of the molecule is Cc1cccc2c1n(-c1cnc(-c3cncc4c3cnn4C)nc1)c(=O)n2CC(=O)O. The third kappa shape index (κ3) is 2.88. The van der Waals surface area contributed by atoms with Crippen LogP contribution in [0.2, 0.25) is 0 Å². The van der Waals surface area contributed by atoms with Crippen LogP contribution in [0.15, 0.2) is 54.0 Å². The van der Waals surface area contributed by atoms with Gasteiger partial charge in [-0.1, -0.05) is 12.1 Å². The Labute approximate surface area is 175 Å². The first-order chi connectivity index (χ1) is 15.0. The van der Waals surface area contributed by atoms with Crippen molar-refractivity contribution in [3.8, 4) is 17.1 Å². The molecule has 4 aromatic heterocycles. The van der Waals surface area contributed by atoms with E-state index in [1.807, 2.05) is 20.0 Å². The maximum absolute atomic E-state index is 13.1. The number of carboxylic acids is 1. The van der Waals surface area contributed by atoms with Crippen molar-refractivity contribution in [2.45, 2.75) is 13.5 Å². The van der Waals surface area contributed by atoms with Crippen molar-refractivity contribution in [3.63, 3.8) is 0 Å². The molecule has 31 heavy (non-hydrogen) atoms. The third-order valence-electron chi connectivity index (χ3n) is 5.26. The summed E-state index contributed by atoms with van der Waals surface area (Å²) in [6.07, 6.45) is 8.23. The molecule has 0 unspecified atom stereocenters. The Bertz CT molecular complexity index is 1530. The predicted molar refractivity (Wildman–Crippen MR) is 113 cm³/mol. The number of aliphatic carboxylic acids is 1. The first-order valence-electron chi connectivity index (χ1n) is 9.47. The van der Waals surface area contributed by atoms with E-state index in [0.29, 0.717) is 22.5 Å². The third-order valence-corrected chi connectivity index (χ3v) is 5.26. The standard InChI is InChI=1S/C21H17N7O3/c1-12-4-3-5-16-19(12)28(21(31)27(16)11-18(29)30)13-6-23-20(24-7-13)15-8-22-10-17-14(15)9-25-26(17)2/h3-10H,11H2,1-2H3,(H,29,30). The first kappa shape index (κ1) is 18.7. The van der Waals surface area contributed by atoms with Crippen molar-refractivity contribution < 1.29 is 9.90 Å². The molecule has 0 saturated carbocycles. The Balaban J connectivity index is 1.68. The minimum Gasteiger partial charge on any atom is -0.480 e. The number of fused-ring (bicyclic) bond motifs is 2. The van der Waals surface area contributed by atoms with Crippen LogP contribution in [0.3, 0.4) is 0 Å². The van der Waals surface area contributed by atoms with Crippen LogP contribution in [-0.2, 0) is 18.4 Å². The van der Waals surface area contributed by atoms with Gasteiger partial charge in [-0.2, -0.15) is 5.10 Å². The Morgan fingerprint density at radius 1 is 1.06 bits per heavy atom. The highest BCUT2D eigenvalue weighted by Gasteiger charge is 2.19. The van der Waals surface area contributed by atoms with Gasteiger partial charge in [0.05, 0.1) is 47.0 Å². The highest BCUT2D eigenvalue weighted by molar-refractivity contribution is 5.91. The molecule has 1 N–H and O–H groups in total. The summed E-state index contributed by atoms with van der Waals surface area (Å²) in [7, 11) is 1.83. The normalized spacial score (nSPS) is 11.4. The van der Waals surface area contributed by atoms with Crippen LogP contribution in [0.25, 0.3) is 39.0 Å². The van der Waals surface area contributed by atoms with Gasteiger partial charge >= 0.3 is 11.7 Å². The number of pyridine rings is 1. The molecule has 0 fully saturated rings. The minimum atomic E-state index is -1.09. The largest absolute Gasteiger partial charge is 0.480 e. The molecule has 0 spiro atoms. The summed E-state index contributed by atoms with van der Waals surface area (Å²) in [5, 5.41) is 14.4. The quantitative estimate of drug-likeness (QED) is 0.476. The van der Waals surface area contributed by atoms with Gasteiger partial charge < -0.3 is 5.11 Å². The van der Waals surface area contributed by atoms with E-state index in [1.165, 1.54) is 9.13 Å². The van der Waals surface area contributed by atoms with Crippen molar-refractivity contribution in [3.05, 3.63) is 65.2 Å². The number of rotatable bonds is 4. The molecular formula is C21H17N7O3. The van der Waals surface area contributed by atoms with Crippen LogP contribution in [0, 0.1) is 6.92 Å². The molecule has 0 aliphatic heterocycles. The molecule has 0 atom stereocenters. The van der Waals surface area contributed by atoms with Gasteiger partial charge in [0.1, 0.15) is 6.54 Å². The summed E-state index contributed by atoms with van der Waals surface area (Å²) < 4.78 is 4.40. The molecule has 0 saturated heterocycles. The summed E-state index contributed by atoms with van der Waals surface area (Å²) in [4.78, 5) is 37.6. The van der Waals surface area contributed by atoms with Crippen molar-refractivity contribution in [1.82, 2.24) is 33.9 Å². The van der Waals surface area contributed by atoms with E-state index in [2.05, 4.69) is 20.1 Å². The van der Waals surface area contributed by atoms with Crippen LogP contribution in [-0.4, -0.2) is 44.9 Å². The molecule has 5 rings (SSSR count). The lowest BCUT2D eigenvalue weighted by Crippen LogP contribution is -2.26. The van der Waals surface area contributed by atoms with Crippen molar-refractivity contribution in [2.24, 2.45) is 7.05 Å². The minimum absolute atomic E-state index is 0.431. The van der Waals surface area contributed by atoms with Gasteiger partial charge in [0.2, 0.25) is 0 Å². The fraction of sp³-hybridized carbons (Fsp3) is 0.143. The van der Waals surface area contributed by atoms with Crippen LogP contribution in [0.5, 0.6) is 0 Å². The second kappa shape index (κ2) is 6.87. The number of carbonyl (C=O) groups is 1. The van der Waals surface area contributed by atoms with Gasteiger partial charge in [-0.3, -0.25) is 23.6 Å². The van der Waals surface area contributed by atoms with E-state index < -0.39 is 18.2 Å². The van der Waals surface area contributed by atoms with Gasteiger partial charge in [-0.25, -0.2) is 14.8 Å². The molecule has 154 valence electrons. The zero-order valence-corrected chi connectivity index (χ0v) is 16.7. The van der Waals surface area contributed by atoms with Gasteiger partial charge in [0, 0.05) is 24.2 Å². The zero-order valence-electron chi connectivity index (χ0n) is 16.7. The maximum atomic E-state index is 13.1. The van der Waals surface area contributed by atoms with Crippen molar-refractivity contribution in [1.29, 1.82) is 0 Å². The molecule has 5 aromatic rings. The molecule has 0 amide bonds. The summed E-state index contributed by atoms with van der Waals surface area (Å²) in [6, 6.07) is 5.39. The number of para-hydroxylation sites is 1. The number of imidazole rings is 1. The second-order valence-electron chi connectivity index (χ2n) is 7.19. The molecule has 10 nitrogen and oxygen atoms in total. The Morgan fingerprint density at radius 3 is 2.58 bits per heavy atom. The smallest absolute Gasteiger partial charge is 0.334 e. The molecular weight excluding hydrogens is 398 g/mol. The lowest BCUT2D eigenvalue weighted by atomic mass is 10.2. The Morgan fingerprint density at radius 2 is 1.84 bits per heavy atom. The number of nitrogens with zero attached hydrogens (tertiary/aromatic N) is 7. The molecule has 1 aromatic carbocycles. The number of benzene rings is 1. The van der Waals surface area contributed by atoms with Crippen LogP contribution in [0.4, 0.5) is 0 Å². The van der Waals surface area contributed by atoms with Gasteiger partial charge in [-0.15, -0.1) is 0 Å². The van der Waals surface area contributed by atoms with Crippen LogP contribution >= 0.6 is 0 Å². The monoisotopic (exact) mass is 415 g/mol. The van der Waals surface area contributed by atoms with Gasteiger partial charge in [0.15, 0.2) is 5.82 Å². The first-order valence-corrected chi connectivity index (χ1v) is 9.47. The van der Waals surface area contributed by atoms with E-state index in [9.17, 15) is 14.7 Å². The number of aryl methyl sites for hydroxylation is 2. The maximum Gasteiger partial charge on any atom is 0.334 e. The van der Waals surface area contributed by atoms with Gasteiger partial charge in [0.25, 0.3) is 0 Å². The lowest BCUT2D eigenvalue weighted by Gasteiger charge is -2.06. The second-order valence-corrected chi connectivity index (χ2v) is 7.19. The van der Waals surface area contributed by atoms with Crippen LogP contribution in [0.1, 0.15) is 5.56 Å². The topological polar surface area (TPSA) is 121 Å². The number of hydrogen-bond donors (Lipinski definition) is 1. The van der Waals surface area contributed by atoms with Crippen molar-refractivity contribution >= 4 is 27.9 Å². The summed E-state index contributed by atoms with van der Waals surface area (Å²) in [5.74, 6) is -0.639. The van der Waals surface area contributed by atoms with E-state index >= 15 is 0 Å². The summed E-state index contributed by atoms with van der Waals surface area (Å²) in [5.41, 5.74) is 3.58. The van der Waals surface area contributed by atoms with E-state index in [0.717, 1.165) is 22.0 Å². The highest BCUT2D eigenvalue weighted by Crippen LogP contribution is 2.25. The predicted octanol–water partition coefficient (Wildman–Crippen LogP) is 1.92. The van der Waals surface area contributed by atoms with E-state index in [1.54, 1.807) is 47.8 Å². The fourth-order valence-electron chi connectivity index (χ4n) is 3.81. The Kier molecular flexibility index (Phi) is 4.14. The van der Waals surface area contributed by atoms with E-state index in [-0.39, 0.29) is 0 Å². The number of hydrogen-bond acceptors (Lipinski definition) is 6. The average Bonchev–Trinajstić information content (AvgIpc) is 3.27. The summed E-state index contributed by atoms with van der Waals surface area (Å²) >= 11 is 0. The molecule has 10 heteroatoms. The lowest BCUT2D eigenvalue weighted by molar-refractivity contribution is -0.137. The average molecular weight is 415 g/mol. The molecule has 4 heterocycles. The molecule has 0 aliphatic carbocycles.